The lowest BCUT2D eigenvalue weighted by Crippen LogP contribution is -2.34. The first kappa shape index (κ1) is 25.8. The number of rotatable bonds is 10. The van der Waals surface area contributed by atoms with Crippen LogP contribution in [0.15, 0.2) is 84.0 Å². The van der Waals surface area contributed by atoms with Gasteiger partial charge in [-0.15, -0.1) is 0 Å². The molecule has 33 heavy (non-hydrogen) atoms. The van der Waals surface area contributed by atoms with Gasteiger partial charge in [-0.3, -0.25) is 4.99 Å². The highest BCUT2D eigenvalue weighted by Gasteiger charge is 2.25. The fourth-order valence-corrected chi connectivity index (χ4v) is 3.94. The second kappa shape index (κ2) is 12.5. The predicted octanol–water partition coefficient (Wildman–Crippen LogP) is 7.02. The molecule has 2 rings (SSSR count). The molecule has 1 aliphatic rings. The van der Waals surface area contributed by atoms with E-state index in [0.29, 0.717) is 23.4 Å². The van der Waals surface area contributed by atoms with Crippen molar-refractivity contribution < 1.29 is 8.78 Å². The zero-order valence-corrected chi connectivity index (χ0v) is 19.5. The Morgan fingerprint density at radius 1 is 1.36 bits per heavy atom. The van der Waals surface area contributed by atoms with E-state index in [1.165, 1.54) is 6.92 Å². The molecule has 1 fully saturated rings. The number of nitrogens with one attached hydrogen (secondary N) is 1. The summed E-state index contributed by atoms with van der Waals surface area (Å²) in [6, 6.07) is 7.67. The Morgan fingerprint density at radius 2 is 2.06 bits per heavy atom. The molecule has 1 unspecified atom stereocenters. The Morgan fingerprint density at radius 3 is 2.61 bits per heavy atom. The molecule has 0 spiro atoms. The summed E-state index contributed by atoms with van der Waals surface area (Å²) in [6.07, 6.45) is 6.80. The van der Waals surface area contributed by atoms with Crippen LogP contribution in [0.5, 0.6) is 0 Å². The third-order valence-corrected chi connectivity index (χ3v) is 5.74. The monoisotopic (exact) mass is 450 g/mol. The van der Waals surface area contributed by atoms with Crippen LogP contribution in [0, 0.1) is 17.2 Å². The van der Waals surface area contributed by atoms with Crippen molar-refractivity contribution >= 4 is 17.6 Å². The molecule has 1 atom stereocenters. The van der Waals surface area contributed by atoms with Crippen molar-refractivity contribution in [3.63, 3.8) is 0 Å². The van der Waals surface area contributed by atoms with E-state index in [4.69, 9.17) is 0 Å². The molecule has 1 aromatic rings. The van der Waals surface area contributed by atoms with E-state index in [0.717, 1.165) is 43.4 Å². The number of aliphatic imine (C=N–C) groups is 1. The maximum atomic E-state index is 14.0. The third-order valence-electron chi connectivity index (χ3n) is 5.74. The number of alkyl halides is 1. The van der Waals surface area contributed by atoms with Gasteiger partial charge in [-0.05, 0) is 68.9 Å². The molecule has 4 nitrogen and oxygen atoms in total. The van der Waals surface area contributed by atoms with Gasteiger partial charge in [0, 0.05) is 19.3 Å². The fraction of sp³-hybridized carbons (Fsp3) is 0.333. The number of benzene rings is 1. The number of hydrogen-bond donors (Lipinski definition) is 1. The second-order valence-corrected chi connectivity index (χ2v) is 7.96. The Hall–Kier alpha value is -3.46. The molecule has 1 saturated heterocycles. The van der Waals surface area contributed by atoms with Crippen molar-refractivity contribution in [1.29, 1.82) is 5.26 Å². The quantitative estimate of drug-likeness (QED) is 0.308. The first-order valence-corrected chi connectivity index (χ1v) is 11.1. The molecule has 174 valence electrons. The first-order chi connectivity index (χ1) is 15.8. The topological polar surface area (TPSA) is 51.4 Å². The summed E-state index contributed by atoms with van der Waals surface area (Å²) >= 11 is 0. The molecule has 0 radical (unpaired) electrons. The fourth-order valence-electron chi connectivity index (χ4n) is 3.94. The van der Waals surface area contributed by atoms with Gasteiger partial charge < -0.3 is 10.2 Å². The van der Waals surface area contributed by atoms with Gasteiger partial charge in [-0.2, -0.15) is 5.26 Å². The van der Waals surface area contributed by atoms with Gasteiger partial charge in [0.25, 0.3) is 0 Å². The van der Waals surface area contributed by atoms with Crippen molar-refractivity contribution in [2.24, 2.45) is 10.9 Å². The molecule has 0 aliphatic carbocycles. The molecular weight excluding hydrogens is 418 g/mol. The molecular formula is C27H32F2N4. The van der Waals surface area contributed by atoms with Crippen molar-refractivity contribution in [3.05, 3.63) is 84.5 Å². The van der Waals surface area contributed by atoms with Crippen LogP contribution in [0.3, 0.4) is 0 Å². The number of nitriles is 1. The number of anilines is 2. The standard InChI is InChI=1S/C27H32F2N4/c1-6-13-31-25(8-3)20(5)32-26-17-22(18-30)9-10-27(26)33-14-11-21(12-15-33)16-23(19(4)28)24(29)7-2/h6-10,13,17,19,21,32H,1-2,5,11-12,14-16H2,3-4H3/b24-23+,25-8-,31-13?. The Bertz CT molecular complexity index is 1000. The highest BCUT2D eigenvalue weighted by atomic mass is 19.1. The number of piperidine rings is 1. The van der Waals surface area contributed by atoms with E-state index in [9.17, 15) is 14.0 Å². The molecule has 1 N–H and O–H groups in total. The lowest BCUT2D eigenvalue weighted by atomic mass is 9.88. The summed E-state index contributed by atoms with van der Waals surface area (Å²) < 4.78 is 27.9. The van der Waals surface area contributed by atoms with Crippen LogP contribution in [0.2, 0.25) is 0 Å². The minimum Gasteiger partial charge on any atom is -0.370 e. The summed E-state index contributed by atoms with van der Waals surface area (Å²) in [5.41, 5.74) is 3.72. The average Bonchev–Trinajstić information content (AvgIpc) is 2.82. The Balaban J connectivity index is 2.19. The maximum Gasteiger partial charge on any atom is 0.124 e. The van der Waals surface area contributed by atoms with E-state index < -0.39 is 12.0 Å². The highest BCUT2D eigenvalue weighted by molar-refractivity contribution is 5.76. The summed E-state index contributed by atoms with van der Waals surface area (Å²) in [5.74, 6) is -0.351. The van der Waals surface area contributed by atoms with Crippen LogP contribution in [0.4, 0.5) is 20.2 Å². The number of nitrogens with zero attached hydrogens (tertiary/aromatic N) is 3. The van der Waals surface area contributed by atoms with Crippen molar-refractivity contribution in [2.75, 3.05) is 23.3 Å². The highest BCUT2D eigenvalue weighted by Crippen LogP contribution is 2.35. The first-order valence-electron chi connectivity index (χ1n) is 11.1. The van der Waals surface area contributed by atoms with Crippen molar-refractivity contribution in [2.45, 2.75) is 39.3 Å². The summed E-state index contributed by atoms with van der Waals surface area (Å²) in [7, 11) is 0. The predicted molar refractivity (Wildman–Crippen MR) is 135 cm³/mol. The minimum atomic E-state index is -1.33. The van der Waals surface area contributed by atoms with E-state index >= 15 is 0 Å². The molecule has 1 heterocycles. The van der Waals surface area contributed by atoms with Gasteiger partial charge in [0.2, 0.25) is 0 Å². The van der Waals surface area contributed by atoms with Gasteiger partial charge in [0.05, 0.1) is 34.4 Å². The third kappa shape index (κ3) is 7.01. The summed E-state index contributed by atoms with van der Waals surface area (Å²) in [4.78, 5) is 6.54. The SMILES string of the molecule is C=CC=N/C(=C\C)C(=C)Nc1cc(C#N)ccc1N1CCC(C/C(=C(\F)C=C)C(C)F)CC1. The zero-order valence-electron chi connectivity index (χ0n) is 19.5. The molecule has 0 bridgehead atoms. The van der Waals surface area contributed by atoms with Gasteiger partial charge in [-0.25, -0.2) is 8.78 Å². The normalized spacial score (nSPS) is 16.7. The lowest BCUT2D eigenvalue weighted by Gasteiger charge is -2.35. The van der Waals surface area contributed by atoms with Crippen LogP contribution in [-0.4, -0.2) is 25.5 Å². The number of hydrogen-bond acceptors (Lipinski definition) is 4. The Labute approximate surface area is 196 Å². The molecule has 0 amide bonds. The van der Waals surface area contributed by atoms with Crippen LogP contribution in [-0.2, 0) is 0 Å². The number of halogens is 2. The molecule has 0 saturated carbocycles. The second-order valence-electron chi connectivity index (χ2n) is 7.96. The summed E-state index contributed by atoms with van der Waals surface area (Å²) in [6.45, 7) is 15.9. The van der Waals surface area contributed by atoms with E-state index in [1.54, 1.807) is 24.4 Å². The van der Waals surface area contributed by atoms with Gasteiger partial charge in [0.1, 0.15) is 12.0 Å². The van der Waals surface area contributed by atoms with Crippen molar-refractivity contribution in [1.82, 2.24) is 0 Å². The zero-order chi connectivity index (χ0) is 24.4. The molecule has 1 aliphatic heterocycles. The number of allylic oxidation sites excluding steroid dienone is 5. The maximum absolute atomic E-state index is 14.0. The molecule has 1 aromatic carbocycles. The van der Waals surface area contributed by atoms with Crippen LogP contribution in [0.1, 0.15) is 38.7 Å². The van der Waals surface area contributed by atoms with Crippen LogP contribution < -0.4 is 10.2 Å². The smallest absolute Gasteiger partial charge is 0.124 e. The summed E-state index contributed by atoms with van der Waals surface area (Å²) in [5, 5.41) is 12.7. The van der Waals surface area contributed by atoms with Crippen LogP contribution >= 0.6 is 0 Å². The van der Waals surface area contributed by atoms with E-state index in [2.05, 4.69) is 41.0 Å². The largest absolute Gasteiger partial charge is 0.370 e. The van der Waals surface area contributed by atoms with Crippen molar-refractivity contribution in [3.8, 4) is 6.07 Å². The van der Waals surface area contributed by atoms with Gasteiger partial charge in [0.15, 0.2) is 0 Å². The van der Waals surface area contributed by atoms with Gasteiger partial charge in [-0.1, -0.05) is 31.9 Å². The Kier molecular flexibility index (Phi) is 9.81. The lowest BCUT2D eigenvalue weighted by molar-refractivity contribution is 0.344. The minimum absolute atomic E-state index is 0.194. The van der Waals surface area contributed by atoms with E-state index in [1.807, 2.05) is 19.1 Å². The van der Waals surface area contributed by atoms with E-state index in [-0.39, 0.29) is 11.5 Å². The molecule has 6 heteroatoms. The molecule has 0 aromatic heterocycles. The van der Waals surface area contributed by atoms with Crippen LogP contribution in [0.25, 0.3) is 0 Å². The van der Waals surface area contributed by atoms with Gasteiger partial charge >= 0.3 is 0 Å². The average molecular weight is 451 g/mol.